The van der Waals surface area contributed by atoms with Crippen molar-refractivity contribution in [2.24, 2.45) is 0 Å². The van der Waals surface area contributed by atoms with Crippen molar-refractivity contribution in [3.8, 4) is 5.75 Å². The summed E-state index contributed by atoms with van der Waals surface area (Å²) in [6.07, 6.45) is 0.160. The number of hydrogen-bond donors (Lipinski definition) is 1. The Balaban J connectivity index is 2.73. The molecular weight excluding hydrogens is 272 g/mol. The summed E-state index contributed by atoms with van der Waals surface area (Å²) in [5.41, 5.74) is 0.851. The minimum atomic E-state index is -0.398. The van der Waals surface area contributed by atoms with Crippen LogP contribution in [0.3, 0.4) is 0 Å². The number of hydrogen-bond acceptors (Lipinski definition) is 5. The Hall–Kier alpha value is -1.66. The summed E-state index contributed by atoms with van der Waals surface area (Å²) < 4.78 is 11.1. The van der Waals surface area contributed by atoms with E-state index in [-0.39, 0.29) is 11.8 Å². The molecule has 0 aliphatic heterocycles. The SMILES string of the molecule is CC(C)NCc1cc([N+](=O)[O-])ccc1OCCOC(C)C. The third-order valence-electron chi connectivity index (χ3n) is 2.75. The summed E-state index contributed by atoms with van der Waals surface area (Å²) in [4.78, 5) is 10.5. The zero-order valence-corrected chi connectivity index (χ0v) is 13.1. The van der Waals surface area contributed by atoms with Gasteiger partial charge in [-0.05, 0) is 19.9 Å². The van der Waals surface area contributed by atoms with Gasteiger partial charge >= 0.3 is 0 Å². The molecule has 21 heavy (non-hydrogen) atoms. The lowest BCUT2D eigenvalue weighted by molar-refractivity contribution is -0.384. The second kappa shape index (κ2) is 8.59. The summed E-state index contributed by atoms with van der Waals surface area (Å²) in [7, 11) is 0. The number of nitrogens with zero attached hydrogens (tertiary/aromatic N) is 1. The number of non-ortho nitro benzene ring substituents is 1. The van der Waals surface area contributed by atoms with Crippen molar-refractivity contribution in [2.75, 3.05) is 13.2 Å². The Morgan fingerprint density at radius 3 is 2.52 bits per heavy atom. The standard InChI is InChI=1S/C15H24N2O4/c1-11(2)16-10-13-9-14(17(18)19)5-6-15(13)21-8-7-20-12(3)4/h5-6,9,11-12,16H,7-8,10H2,1-4H3. The first kappa shape index (κ1) is 17.4. The number of ether oxygens (including phenoxy) is 2. The maximum absolute atomic E-state index is 10.9. The van der Waals surface area contributed by atoms with Gasteiger partial charge in [-0.2, -0.15) is 0 Å². The van der Waals surface area contributed by atoms with Gasteiger partial charge in [0, 0.05) is 30.3 Å². The second-order valence-electron chi connectivity index (χ2n) is 5.35. The van der Waals surface area contributed by atoms with Crippen LogP contribution >= 0.6 is 0 Å². The number of benzene rings is 1. The van der Waals surface area contributed by atoms with Crippen molar-refractivity contribution in [2.45, 2.75) is 46.4 Å². The highest BCUT2D eigenvalue weighted by atomic mass is 16.6. The quantitative estimate of drug-likeness (QED) is 0.431. The van der Waals surface area contributed by atoms with Crippen molar-refractivity contribution in [3.63, 3.8) is 0 Å². The number of nitro groups is 1. The van der Waals surface area contributed by atoms with Crippen LogP contribution in [0, 0.1) is 10.1 Å². The van der Waals surface area contributed by atoms with E-state index in [9.17, 15) is 10.1 Å². The average molecular weight is 296 g/mol. The lowest BCUT2D eigenvalue weighted by atomic mass is 10.1. The molecule has 118 valence electrons. The van der Waals surface area contributed by atoms with Crippen molar-refractivity contribution >= 4 is 5.69 Å². The van der Waals surface area contributed by atoms with E-state index in [0.717, 1.165) is 5.56 Å². The number of rotatable bonds is 9. The molecule has 1 aromatic rings. The van der Waals surface area contributed by atoms with Crippen LogP contribution < -0.4 is 10.1 Å². The molecule has 0 heterocycles. The predicted molar refractivity (Wildman–Crippen MR) is 81.7 cm³/mol. The molecule has 0 saturated heterocycles. The molecule has 0 aliphatic carbocycles. The summed E-state index contributed by atoms with van der Waals surface area (Å²) in [5, 5.41) is 14.1. The number of nitrogens with one attached hydrogen (secondary N) is 1. The zero-order chi connectivity index (χ0) is 15.8. The van der Waals surface area contributed by atoms with E-state index in [0.29, 0.717) is 31.5 Å². The fourth-order valence-electron chi connectivity index (χ4n) is 1.71. The fraction of sp³-hybridized carbons (Fsp3) is 0.600. The maximum atomic E-state index is 10.9. The molecule has 6 heteroatoms. The van der Waals surface area contributed by atoms with Crippen LogP contribution in [0.2, 0.25) is 0 Å². The monoisotopic (exact) mass is 296 g/mol. The van der Waals surface area contributed by atoms with Gasteiger partial charge < -0.3 is 14.8 Å². The lowest BCUT2D eigenvalue weighted by Gasteiger charge is -2.14. The number of nitro benzene ring substituents is 1. The van der Waals surface area contributed by atoms with Gasteiger partial charge in [0.05, 0.1) is 17.6 Å². The van der Waals surface area contributed by atoms with Gasteiger partial charge in [-0.3, -0.25) is 10.1 Å². The van der Waals surface area contributed by atoms with Crippen LogP contribution in [0.5, 0.6) is 5.75 Å². The highest BCUT2D eigenvalue weighted by molar-refractivity contribution is 5.43. The first-order chi connectivity index (χ1) is 9.90. The maximum Gasteiger partial charge on any atom is 0.270 e. The molecule has 0 bridgehead atoms. The van der Waals surface area contributed by atoms with Gasteiger partial charge in [0.25, 0.3) is 5.69 Å². The topological polar surface area (TPSA) is 73.6 Å². The predicted octanol–water partition coefficient (Wildman–Crippen LogP) is 2.90. The van der Waals surface area contributed by atoms with Gasteiger partial charge in [-0.15, -0.1) is 0 Å². The largest absolute Gasteiger partial charge is 0.491 e. The van der Waals surface area contributed by atoms with E-state index in [1.807, 2.05) is 27.7 Å². The molecule has 0 unspecified atom stereocenters. The average Bonchev–Trinajstić information content (AvgIpc) is 2.41. The van der Waals surface area contributed by atoms with Crippen molar-refractivity contribution in [1.82, 2.24) is 5.32 Å². The molecule has 6 nitrogen and oxygen atoms in total. The van der Waals surface area contributed by atoms with Crippen molar-refractivity contribution in [1.29, 1.82) is 0 Å². The molecule has 0 fully saturated rings. The molecule has 1 N–H and O–H groups in total. The second-order valence-corrected chi connectivity index (χ2v) is 5.35. The molecule has 0 spiro atoms. The molecule has 0 atom stereocenters. The van der Waals surface area contributed by atoms with Crippen LogP contribution in [-0.4, -0.2) is 30.3 Å². The van der Waals surface area contributed by atoms with E-state index in [2.05, 4.69) is 5.32 Å². The summed E-state index contributed by atoms with van der Waals surface area (Å²) in [6.45, 7) is 9.41. The molecule has 1 aromatic carbocycles. The Morgan fingerprint density at radius 2 is 1.95 bits per heavy atom. The van der Waals surface area contributed by atoms with Crippen LogP contribution in [0.1, 0.15) is 33.3 Å². The third kappa shape index (κ3) is 6.55. The van der Waals surface area contributed by atoms with E-state index in [1.54, 1.807) is 12.1 Å². The van der Waals surface area contributed by atoms with Gasteiger partial charge in [0.2, 0.25) is 0 Å². The highest BCUT2D eigenvalue weighted by Gasteiger charge is 2.12. The first-order valence-electron chi connectivity index (χ1n) is 7.15. The summed E-state index contributed by atoms with van der Waals surface area (Å²) in [6, 6.07) is 4.94. The molecule has 0 aliphatic rings. The molecule has 1 rings (SSSR count). The van der Waals surface area contributed by atoms with Crippen LogP contribution in [0.15, 0.2) is 18.2 Å². The van der Waals surface area contributed by atoms with Crippen molar-refractivity contribution in [3.05, 3.63) is 33.9 Å². The highest BCUT2D eigenvalue weighted by Crippen LogP contribution is 2.24. The third-order valence-corrected chi connectivity index (χ3v) is 2.75. The molecular formula is C15H24N2O4. The smallest absolute Gasteiger partial charge is 0.270 e. The summed E-state index contributed by atoms with van der Waals surface area (Å²) in [5.74, 6) is 0.654. The van der Waals surface area contributed by atoms with Gasteiger partial charge in [0.15, 0.2) is 0 Å². The zero-order valence-electron chi connectivity index (χ0n) is 13.1. The van der Waals surface area contributed by atoms with E-state index >= 15 is 0 Å². The first-order valence-corrected chi connectivity index (χ1v) is 7.15. The Labute approximate surface area is 125 Å². The van der Waals surface area contributed by atoms with E-state index in [1.165, 1.54) is 6.07 Å². The lowest BCUT2D eigenvalue weighted by Crippen LogP contribution is -2.22. The Morgan fingerprint density at radius 1 is 1.24 bits per heavy atom. The molecule has 0 saturated carbocycles. The van der Waals surface area contributed by atoms with E-state index < -0.39 is 4.92 Å². The van der Waals surface area contributed by atoms with E-state index in [4.69, 9.17) is 9.47 Å². The van der Waals surface area contributed by atoms with Crippen LogP contribution in [0.4, 0.5) is 5.69 Å². The summed E-state index contributed by atoms with van der Waals surface area (Å²) >= 11 is 0. The normalized spacial score (nSPS) is 11.1. The molecule has 0 radical (unpaired) electrons. The fourth-order valence-corrected chi connectivity index (χ4v) is 1.71. The van der Waals surface area contributed by atoms with Crippen molar-refractivity contribution < 1.29 is 14.4 Å². The Bertz CT molecular complexity index is 461. The van der Waals surface area contributed by atoms with Gasteiger partial charge in [0.1, 0.15) is 12.4 Å². The van der Waals surface area contributed by atoms with Gasteiger partial charge in [-0.25, -0.2) is 0 Å². The van der Waals surface area contributed by atoms with Gasteiger partial charge in [-0.1, -0.05) is 13.8 Å². The van der Waals surface area contributed by atoms with Crippen LogP contribution in [-0.2, 0) is 11.3 Å². The van der Waals surface area contributed by atoms with Crippen LogP contribution in [0.25, 0.3) is 0 Å². The Kier molecular flexibility index (Phi) is 7.11. The minimum Gasteiger partial charge on any atom is -0.491 e. The minimum absolute atomic E-state index is 0.0707. The molecule has 0 amide bonds. The molecule has 0 aromatic heterocycles.